The van der Waals surface area contributed by atoms with E-state index < -0.39 is 0 Å². The summed E-state index contributed by atoms with van der Waals surface area (Å²) in [7, 11) is 0. The van der Waals surface area contributed by atoms with Gasteiger partial charge in [0.15, 0.2) is 0 Å². The van der Waals surface area contributed by atoms with Crippen molar-refractivity contribution in [3.63, 3.8) is 0 Å². The first-order chi connectivity index (χ1) is 33.1. The molecule has 342 valence electrons. The molecule has 0 aliphatic carbocycles. The zero-order valence-corrected chi connectivity index (χ0v) is 41.3. The smallest absolute Gasteiger partial charge is 0.314 e. The van der Waals surface area contributed by atoms with Crippen molar-refractivity contribution >= 4 is 56.9 Å². The lowest BCUT2D eigenvalue weighted by atomic mass is 9.56. The molecule has 8 aromatic rings. The molecular formula is C62H60BN5O. The average molecular weight is 902 g/mol. The van der Waals surface area contributed by atoms with Crippen LogP contribution in [-0.4, -0.2) is 27.9 Å². The van der Waals surface area contributed by atoms with Gasteiger partial charge in [0.25, 0.3) is 0 Å². The number of anilines is 3. The number of para-hydroxylation sites is 3. The first-order valence-corrected chi connectivity index (χ1v) is 24.3. The third kappa shape index (κ3) is 8.14. The number of pyridine rings is 1. The zero-order valence-electron chi connectivity index (χ0n) is 41.3. The molecule has 6 nitrogen and oxygen atoms in total. The summed E-state index contributed by atoms with van der Waals surface area (Å²) in [5, 5.41) is 2.34. The van der Waals surface area contributed by atoms with Crippen LogP contribution < -0.4 is 14.5 Å². The van der Waals surface area contributed by atoms with Gasteiger partial charge in [-0.2, -0.15) is 0 Å². The molecule has 0 radical (unpaired) electrons. The molecule has 0 bridgehead atoms. The van der Waals surface area contributed by atoms with E-state index in [1.165, 1.54) is 44.3 Å². The van der Waals surface area contributed by atoms with E-state index in [0.29, 0.717) is 6.67 Å². The molecule has 0 amide bonds. The summed E-state index contributed by atoms with van der Waals surface area (Å²) >= 11 is 0. The van der Waals surface area contributed by atoms with Crippen molar-refractivity contribution in [2.24, 2.45) is 0 Å². The highest BCUT2D eigenvalue weighted by Crippen LogP contribution is 2.47. The Balaban J connectivity index is 0.970. The Morgan fingerprint density at radius 1 is 0.522 bits per heavy atom. The van der Waals surface area contributed by atoms with Crippen LogP contribution in [0.1, 0.15) is 90.1 Å². The number of ether oxygens (including phenoxy) is 1. The predicted octanol–water partition coefficient (Wildman–Crippen LogP) is 15.7. The van der Waals surface area contributed by atoms with Gasteiger partial charge < -0.3 is 19.3 Å². The molecular weight excluding hydrogens is 842 g/mol. The Morgan fingerprint density at radius 3 is 1.91 bits per heavy atom. The second-order valence-corrected chi connectivity index (χ2v) is 21.9. The Kier molecular flexibility index (Phi) is 10.6. The van der Waals surface area contributed by atoms with E-state index in [2.05, 4.69) is 263 Å². The highest BCUT2D eigenvalue weighted by atomic mass is 16.5. The largest absolute Gasteiger partial charge is 0.457 e. The van der Waals surface area contributed by atoms with Gasteiger partial charge in [-0.1, -0.05) is 171 Å². The maximum atomic E-state index is 6.82. The number of aromatic nitrogens is 2. The zero-order chi connectivity index (χ0) is 47.8. The van der Waals surface area contributed by atoms with Crippen LogP contribution in [0.3, 0.4) is 0 Å². The van der Waals surface area contributed by atoms with Crippen LogP contribution in [0.2, 0.25) is 0 Å². The second kappa shape index (κ2) is 16.6. The van der Waals surface area contributed by atoms with Gasteiger partial charge in [0.05, 0.1) is 22.4 Å². The number of benzene rings is 6. The monoisotopic (exact) mass is 901 g/mol. The Bertz CT molecular complexity index is 3400. The third-order valence-corrected chi connectivity index (χ3v) is 14.0. The summed E-state index contributed by atoms with van der Waals surface area (Å²) < 4.78 is 9.09. The highest BCUT2D eigenvalue weighted by molar-refractivity contribution is 6.68. The van der Waals surface area contributed by atoms with E-state index in [1.807, 2.05) is 6.20 Å². The molecule has 5 heterocycles. The van der Waals surface area contributed by atoms with Crippen molar-refractivity contribution in [1.82, 2.24) is 14.4 Å². The van der Waals surface area contributed by atoms with E-state index in [1.54, 1.807) is 0 Å². The average Bonchev–Trinajstić information content (AvgIpc) is 3.89. The quantitative estimate of drug-likeness (QED) is 0.149. The van der Waals surface area contributed by atoms with Crippen LogP contribution in [0.5, 0.6) is 11.5 Å². The fraction of sp³-hybridized carbons (Fsp3) is 0.210. The van der Waals surface area contributed by atoms with Crippen LogP contribution in [0.25, 0.3) is 38.8 Å². The lowest BCUT2D eigenvalue weighted by Crippen LogP contribution is -2.44. The van der Waals surface area contributed by atoms with Gasteiger partial charge >= 0.3 is 6.85 Å². The van der Waals surface area contributed by atoms with Crippen molar-refractivity contribution in [1.29, 1.82) is 0 Å². The molecule has 0 saturated carbocycles. The van der Waals surface area contributed by atoms with E-state index >= 15 is 0 Å². The number of hydrogen-bond acceptors (Lipinski definition) is 5. The molecule has 11 rings (SSSR count). The molecule has 3 aliphatic rings. The van der Waals surface area contributed by atoms with E-state index in [9.17, 15) is 0 Å². The number of allylic oxidation sites excluding steroid dienone is 4. The fourth-order valence-corrected chi connectivity index (χ4v) is 10.0. The van der Waals surface area contributed by atoms with Crippen molar-refractivity contribution in [2.75, 3.05) is 16.5 Å². The SMILES string of the molecule is CC(C)(C)c1cc(C2=CN3B(C=C2)C=CC(c2ccccc2)=C3N2CN(c3cccc(Oc4ccc5c6ccccc6n(-c6cc(C(C)(C)C)ccn6)c5c4)c3)c3ccccc32)cc(C(C)(C)C)c1. The van der Waals surface area contributed by atoms with E-state index in [4.69, 9.17) is 9.72 Å². The molecule has 0 spiro atoms. The number of hydrogen-bond donors (Lipinski definition) is 0. The summed E-state index contributed by atoms with van der Waals surface area (Å²) in [6.45, 7) is 21.3. The Labute approximate surface area is 408 Å². The van der Waals surface area contributed by atoms with Crippen LogP contribution in [0, 0.1) is 0 Å². The van der Waals surface area contributed by atoms with Gasteiger partial charge in [0.1, 0.15) is 29.8 Å². The molecule has 2 aromatic heterocycles. The van der Waals surface area contributed by atoms with Crippen LogP contribution in [0.4, 0.5) is 17.1 Å². The standard InChI is InChI=1S/C62H60BN5O/c1-60(2,3)45-30-33-64-58(37-45)68-54-23-14-13-22-52(54)53-27-26-50(39-57(53)68)69-49-21-17-20-48(38-49)65-41-66(56-25-16-15-24-55(56)65)59-51(42-18-11-10-12-19-42)29-32-63-31-28-43(40-67(59)63)44-34-46(61(4,5)6)36-47(35-44)62(7,8)9/h10-40H,41H2,1-9H3. The second-order valence-electron chi connectivity index (χ2n) is 21.9. The van der Waals surface area contributed by atoms with Gasteiger partial charge in [-0.15, -0.1) is 0 Å². The first kappa shape index (κ1) is 44.0. The van der Waals surface area contributed by atoms with Gasteiger partial charge in [0.2, 0.25) is 0 Å². The fourth-order valence-electron chi connectivity index (χ4n) is 10.0. The summed E-state index contributed by atoms with van der Waals surface area (Å²) in [6.07, 6.45) is 8.95. The Morgan fingerprint density at radius 2 is 1.17 bits per heavy atom. The maximum absolute atomic E-state index is 6.82. The number of nitrogens with zero attached hydrogens (tertiary/aromatic N) is 5. The molecule has 3 aliphatic heterocycles. The molecule has 0 N–H and O–H groups in total. The third-order valence-electron chi connectivity index (χ3n) is 14.0. The lowest BCUT2D eigenvalue weighted by molar-refractivity contribution is 0.483. The minimum absolute atomic E-state index is 0.00765. The molecule has 0 saturated heterocycles. The highest BCUT2D eigenvalue weighted by Gasteiger charge is 2.38. The molecule has 7 heteroatoms. The van der Waals surface area contributed by atoms with Gasteiger partial charge in [0, 0.05) is 46.6 Å². The topological polar surface area (TPSA) is 36.8 Å². The molecule has 0 atom stereocenters. The Hall–Kier alpha value is -7.51. The molecule has 0 fully saturated rings. The van der Waals surface area contributed by atoms with Crippen LogP contribution in [0.15, 0.2) is 194 Å². The predicted molar refractivity (Wildman–Crippen MR) is 291 cm³/mol. The van der Waals surface area contributed by atoms with Crippen LogP contribution in [-0.2, 0) is 16.2 Å². The van der Waals surface area contributed by atoms with Crippen molar-refractivity contribution in [2.45, 2.75) is 78.6 Å². The molecule has 6 aromatic carbocycles. The molecule has 69 heavy (non-hydrogen) atoms. The lowest BCUT2D eigenvalue weighted by Gasteiger charge is -2.40. The maximum Gasteiger partial charge on any atom is 0.314 e. The summed E-state index contributed by atoms with van der Waals surface area (Å²) in [4.78, 5) is 12.3. The van der Waals surface area contributed by atoms with Gasteiger partial charge in [-0.05, 0) is 104 Å². The minimum atomic E-state index is -0.0129. The summed E-state index contributed by atoms with van der Waals surface area (Å²) in [5.74, 6) is 8.26. The van der Waals surface area contributed by atoms with Gasteiger partial charge in [-0.3, -0.25) is 4.57 Å². The molecule has 0 unspecified atom stereocenters. The first-order valence-electron chi connectivity index (χ1n) is 24.3. The van der Waals surface area contributed by atoms with Crippen molar-refractivity contribution in [3.8, 4) is 17.3 Å². The van der Waals surface area contributed by atoms with Crippen LogP contribution >= 0.6 is 0 Å². The minimum Gasteiger partial charge on any atom is -0.457 e. The number of rotatable bonds is 7. The van der Waals surface area contributed by atoms with E-state index in [0.717, 1.165) is 56.6 Å². The summed E-state index contributed by atoms with van der Waals surface area (Å²) in [6, 6.07) is 54.6. The van der Waals surface area contributed by atoms with Crippen molar-refractivity contribution < 1.29 is 4.74 Å². The van der Waals surface area contributed by atoms with Gasteiger partial charge in [-0.25, -0.2) is 4.98 Å². The number of fused-ring (bicyclic) bond motifs is 5. The van der Waals surface area contributed by atoms with E-state index in [-0.39, 0.29) is 23.1 Å². The van der Waals surface area contributed by atoms with Crippen molar-refractivity contribution in [3.05, 3.63) is 222 Å². The normalized spacial score (nSPS) is 15.1. The summed E-state index contributed by atoms with van der Waals surface area (Å²) in [5.41, 5.74) is 14.2.